The van der Waals surface area contributed by atoms with Crippen LogP contribution in [0, 0.1) is 11.3 Å². The Morgan fingerprint density at radius 1 is 1.00 bits per heavy atom. The van der Waals surface area contributed by atoms with Crippen LogP contribution in [-0.2, 0) is 36.9 Å². The maximum absolute atomic E-state index is 13.6. The molecule has 0 aliphatic carbocycles. The van der Waals surface area contributed by atoms with Gasteiger partial charge in [0.25, 0.3) is 0 Å². The molecule has 0 bridgehead atoms. The highest BCUT2D eigenvalue weighted by atomic mass is 16.5. The number of aromatic nitrogens is 1. The summed E-state index contributed by atoms with van der Waals surface area (Å²) in [7, 11) is 0. The van der Waals surface area contributed by atoms with Gasteiger partial charge in [0.15, 0.2) is 5.78 Å². The van der Waals surface area contributed by atoms with Crippen molar-refractivity contribution in [2.24, 2.45) is 5.92 Å². The van der Waals surface area contributed by atoms with Crippen molar-refractivity contribution in [1.29, 1.82) is 5.41 Å². The Labute approximate surface area is 226 Å². The number of H-pyrrole nitrogens is 1. The summed E-state index contributed by atoms with van der Waals surface area (Å²) in [5, 5.41) is 16.5. The summed E-state index contributed by atoms with van der Waals surface area (Å²) in [4.78, 5) is 54.6. The Hall–Kier alpha value is -4.31. The molecule has 1 saturated heterocycles. The van der Waals surface area contributed by atoms with Crippen LogP contribution in [0.15, 0.2) is 60.8 Å². The van der Waals surface area contributed by atoms with E-state index >= 15 is 0 Å². The number of ether oxygens (including phenoxy) is 1. The standard InChI is InChI=1S/C29H33N5O5/c30-15-22(35)10-11-25(28(37)32-16-19-6-2-1-3-7-19)33-29(38)26(34-27(36)20-12-13-39-18-20)14-21-17-31-24-9-5-4-8-23(21)24/h1-9,15,17,20,25-26,30-31H,10-14,16,18H2,(H,32,37)(H,33,38)(H,34,36)/t20?,25-,26-/m0/s1. The average Bonchev–Trinajstić information content (AvgIpc) is 3.65. The monoisotopic (exact) mass is 531 g/mol. The molecule has 1 aromatic heterocycles. The lowest BCUT2D eigenvalue weighted by atomic mass is 10.0. The number of rotatable bonds is 13. The van der Waals surface area contributed by atoms with Gasteiger partial charge in [-0.3, -0.25) is 19.2 Å². The van der Waals surface area contributed by atoms with Gasteiger partial charge in [0.05, 0.1) is 18.7 Å². The number of benzene rings is 2. The molecule has 0 radical (unpaired) electrons. The predicted molar refractivity (Wildman–Crippen MR) is 146 cm³/mol. The van der Waals surface area contributed by atoms with Crippen LogP contribution in [0.25, 0.3) is 10.9 Å². The average molecular weight is 532 g/mol. The summed E-state index contributed by atoms with van der Waals surface area (Å²) in [6.07, 6.45) is 3.22. The maximum Gasteiger partial charge on any atom is 0.243 e. The van der Waals surface area contributed by atoms with Gasteiger partial charge < -0.3 is 31.1 Å². The van der Waals surface area contributed by atoms with Gasteiger partial charge in [0, 0.05) is 43.1 Å². The third-order valence-corrected chi connectivity index (χ3v) is 6.82. The second-order valence-electron chi connectivity index (χ2n) is 9.60. The second kappa shape index (κ2) is 13.5. The van der Waals surface area contributed by atoms with Crippen LogP contribution in [-0.4, -0.2) is 60.0 Å². The third-order valence-electron chi connectivity index (χ3n) is 6.82. The van der Waals surface area contributed by atoms with Gasteiger partial charge in [-0.05, 0) is 30.0 Å². The zero-order valence-corrected chi connectivity index (χ0v) is 21.6. The molecule has 1 unspecified atom stereocenters. The van der Waals surface area contributed by atoms with Crippen molar-refractivity contribution < 1.29 is 23.9 Å². The van der Waals surface area contributed by atoms with E-state index in [2.05, 4.69) is 20.9 Å². The summed E-state index contributed by atoms with van der Waals surface area (Å²) in [6, 6.07) is 15.0. The van der Waals surface area contributed by atoms with E-state index in [9.17, 15) is 19.2 Å². The maximum atomic E-state index is 13.6. The molecule has 10 nitrogen and oxygen atoms in total. The Morgan fingerprint density at radius 3 is 2.51 bits per heavy atom. The first-order valence-electron chi connectivity index (χ1n) is 13.0. The van der Waals surface area contributed by atoms with Crippen molar-refractivity contribution >= 4 is 40.6 Å². The topological polar surface area (TPSA) is 153 Å². The zero-order chi connectivity index (χ0) is 27.6. The molecule has 4 rings (SSSR count). The number of hydrogen-bond acceptors (Lipinski definition) is 6. The SMILES string of the molecule is N=CC(=O)CC[C@H](NC(=O)[C@H](Cc1c[nH]c2ccccc12)NC(=O)C1CCOC1)C(=O)NCc1ccccc1. The first-order chi connectivity index (χ1) is 18.9. The van der Waals surface area contributed by atoms with E-state index in [-0.39, 0.29) is 37.6 Å². The summed E-state index contributed by atoms with van der Waals surface area (Å²) >= 11 is 0. The summed E-state index contributed by atoms with van der Waals surface area (Å²) in [5.41, 5.74) is 2.64. The molecule has 3 atom stereocenters. The van der Waals surface area contributed by atoms with Crippen LogP contribution in [0.2, 0.25) is 0 Å². The van der Waals surface area contributed by atoms with Crippen LogP contribution < -0.4 is 16.0 Å². The molecular formula is C29H33N5O5. The molecule has 1 aliphatic heterocycles. The molecule has 1 aliphatic rings. The summed E-state index contributed by atoms with van der Waals surface area (Å²) in [5.74, 6) is -2.06. The van der Waals surface area contributed by atoms with Gasteiger partial charge in [-0.1, -0.05) is 48.5 Å². The number of carbonyl (C=O) groups is 4. The molecule has 0 spiro atoms. The quantitative estimate of drug-likeness (QED) is 0.214. The minimum absolute atomic E-state index is 0.0186. The van der Waals surface area contributed by atoms with Crippen molar-refractivity contribution in [3.05, 3.63) is 71.9 Å². The van der Waals surface area contributed by atoms with Crippen LogP contribution in [0.4, 0.5) is 0 Å². The second-order valence-corrected chi connectivity index (χ2v) is 9.60. The molecule has 39 heavy (non-hydrogen) atoms. The molecule has 1 fully saturated rings. The molecule has 5 N–H and O–H groups in total. The van der Waals surface area contributed by atoms with Gasteiger partial charge in [-0.2, -0.15) is 0 Å². The normalized spacial score (nSPS) is 16.3. The summed E-state index contributed by atoms with van der Waals surface area (Å²) in [6.45, 7) is 1.04. The van der Waals surface area contributed by atoms with E-state index in [0.717, 1.165) is 22.0 Å². The lowest BCUT2D eigenvalue weighted by Crippen LogP contribution is -2.55. The van der Waals surface area contributed by atoms with E-state index in [1.165, 1.54) is 0 Å². The lowest BCUT2D eigenvalue weighted by molar-refractivity contribution is -0.133. The number of ketones is 1. The van der Waals surface area contributed by atoms with Crippen LogP contribution >= 0.6 is 0 Å². The van der Waals surface area contributed by atoms with Crippen molar-refractivity contribution in [3.63, 3.8) is 0 Å². The fourth-order valence-corrected chi connectivity index (χ4v) is 4.57. The van der Waals surface area contributed by atoms with Crippen LogP contribution in [0.5, 0.6) is 0 Å². The number of hydrogen-bond donors (Lipinski definition) is 5. The Kier molecular flexibility index (Phi) is 9.58. The van der Waals surface area contributed by atoms with E-state index in [1.807, 2.05) is 60.8 Å². The van der Waals surface area contributed by atoms with Gasteiger partial charge in [0.2, 0.25) is 17.7 Å². The molecule has 2 aromatic carbocycles. The van der Waals surface area contributed by atoms with E-state index in [4.69, 9.17) is 10.1 Å². The highest BCUT2D eigenvalue weighted by molar-refractivity contribution is 6.26. The Balaban J connectivity index is 1.51. The van der Waals surface area contributed by atoms with Gasteiger partial charge in [-0.25, -0.2) is 0 Å². The number of amides is 3. The number of nitrogens with one attached hydrogen (secondary N) is 5. The highest BCUT2D eigenvalue weighted by Gasteiger charge is 2.31. The molecule has 3 aromatic rings. The van der Waals surface area contributed by atoms with Gasteiger partial charge >= 0.3 is 0 Å². The number of fused-ring (bicyclic) bond motifs is 1. The molecule has 2 heterocycles. The van der Waals surface area contributed by atoms with Crippen molar-refractivity contribution in [3.8, 4) is 0 Å². The smallest absolute Gasteiger partial charge is 0.243 e. The predicted octanol–water partition coefficient (Wildman–Crippen LogP) is 2.03. The zero-order valence-electron chi connectivity index (χ0n) is 21.6. The Morgan fingerprint density at radius 2 is 1.77 bits per heavy atom. The summed E-state index contributed by atoms with van der Waals surface area (Å²) < 4.78 is 5.34. The van der Waals surface area contributed by atoms with E-state index < -0.39 is 29.7 Å². The van der Waals surface area contributed by atoms with Gasteiger partial charge in [0.1, 0.15) is 12.1 Å². The third kappa shape index (κ3) is 7.61. The number of aromatic amines is 1. The van der Waals surface area contributed by atoms with Crippen molar-refractivity contribution in [2.75, 3.05) is 13.2 Å². The minimum atomic E-state index is -1.03. The molecule has 3 amide bonds. The fraction of sp³-hybridized carbons (Fsp3) is 0.345. The van der Waals surface area contributed by atoms with Crippen molar-refractivity contribution in [2.45, 2.75) is 44.3 Å². The largest absolute Gasteiger partial charge is 0.381 e. The van der Waals surface area contributed by atoms with E-state index in [0.29, 0.717) is 25.8 Å². The van der Waals surface area contributed by atoms with Crippen molar-refractivity contribution in [1.82, 2.24) is 20.9 Å². The number of carbonyl (C=O) groups excluding carboxylic acids is 4. The molecule has 10 heteroatoms. The molecular weight excluding hydrogens is 498 g/mol. The fourth-order valence-electron chi connectivity index (χ4n) is 4.57. The minimum Gasteiger partial charge on any atom is -0.381 e. The molecule has 204 valence electrons. The first-order valence-corrected chi connectivity index (χ1v) is 13.0. The van der Waals surface area contributed by atoms with Gasteiger partial charge in [-0.15, -0.1) is 0 Å². The lowest BCUT2D eigenvalue weighted by Gasteiger charge is -2.24. The molecule has 0 saturated carbocycles. The number of para-hydroxylation sites is 1. The number of Topliss-reactive ketones (excluding diaryl/α,β-unsaturated/α-hetero) is 1. The highest BCUT2D eigenvalue weighted by Crippen LogP contribution is 2.20. The van der Waals surface area contributed by atoms with Crippen LogP contribution in [0.1, 0.15) is 30.4 Å². The van der Waals surface area contributed by atoms with E-state index in [1.54, 1.807) is 0 Å². The first kappa shape index (κ1) is 27.7. The Bertz CT molecular complexity index is 1320. The van der Waals surface area contributed by atoms with Crippen LogP contribution in [0.3, 0.4) is 0 Å².